The number of hydrogen-bond donors (Lipinski definition) is 0. The highest BCUT2D eigenvalue weighted by Gasteiger charge is 2.13. The number of ether oxygens (including phenoxy) is 1. The third-order valence-electron chi connectivity index (χ3n) is 4.13. The van der Waals surface area contributed by atoms with Crippen molar-refractivity contribution in [2.75, 3.05) is 13.7 Å². The van der Waals surface area contributed by atoms with Crippen molar-refractivity contribution < 1.29 is 9.53 Å². The Labute approximate surface area is 151 Å². The van der Waals surface area contributed by atoms with Crippen LogP contribution in [0.4, 0.5) is 0 Å². The molecule has 1 heterocycles. The number of carbonyl (C=O) groups is 1. The van der Waals surface area contributed by atoms with Gasteiger partial charge in [-0.25, -0.2) is 4.98 Å². The van der Waals surface area contributed by atoms with Gasteiger partial charge in [0, 0.05) is 13.6 Å². The first-order chi connectivity index (χ1) is 12.6. The van der Waals surface area contributed by atoms with E-state index in [1.54, 1.807) is 18.0 Å². The van der Waals surface area contributed by atoms with Gasteiger partial charge >= 0.3 is 0 Å². The highest BCUT2D eigenvalue weighted by Crippen LogP contribution is 2.14. The lowest BCUT2D eigenvalue weighted by Gasteiger charge is -2.19. The molecule has 0 spiro atoms. The summed E-state index contributed by atoms with van der Waals surface area (Å²) in [7, 11) is 1.73. The number of likely N-dealkylation sites (N-methyl/N-ethyl adjacent to an activating group) is 1. The summed E-state index contributed by atoms with van der Waals surface area (Å²) in [6.07, 6.45) is 1.25. The molecule has 1 aromatic heterocycles. The third kappa shape index (κ3) is 3.91. The van der Waals surface area contributed by atoms with Crippen LogP contribution >= 0.6 is 0 Å². The minimum atomic E-state index is -0.286. The molecular weight excluding hydrogens is 330 g/mol. The SMILES string of the molecule is CCOc1ccc(CN(C)C(=O)Cn2c(=O)cnc3ccccc32)cc1. The van der Waals surface area contributed by atoms with E-state index in [9.17, 15) is 9.59 Å². The predicted octanol–water partition coefficient (Wildman–Crippen LogP) is 2.45. The van der Waals surface area contributed by atoms with Crippen LogP contribution in [0.2, 0.25) is 0 Å². The Hall–Kier alpha value is -3.15. The molecule has 134 valence electrons. The number of carbonyl (C=O) groups excluding carboxylic acids is 1. The Morgan fingerprint density at radius 1 is 1.15 bits per heavy atom. The quantitative estimate of drug-likeness (QED) is 0.684. The summed E-state index contributed by atoms with van der Waals surface area (Å²) in [5, 5.41) is 0. The molecule has 0 aliphatic rings. The van der Waals surface area contributed by atoms with E-state index in [-0.39, 0.29) is 18.0 Å². The fourth-order valence-corrected chi connectivity index (χ4v) is 2.75. The van der Waals surface area contributed by atoms with Crippen LogP contribution < -0.4 is 10.3 Å². The summed E-state index contributed by atoms with van der Waals surface area (Å²) in [6.45, 7) is 3.00. The normalized spacial score (nSPS) is 10.7. The van der Waals surface area contributed by atoms with Crippen LogP contribution in [0, 0.1) is 0 Å². The summed E-state index contributed by atoms with van der Waals surface area (Å²) < 4.78 is 6.88. The Morgan fingerprint density at radius 3 is 2.62 bits per heavy atom. The first-order valence-electron chi connectivity index (χ1n) is 8.48. The van der Waals surface area contributed by atoms with Gasteiger partial charge in [-0.3, -0.25) is 14.2 Å². The zero-order chi connectivity index (χ0) is 18.5. The van der Waals surface area contributed by atoms with Gasteiger partial charge in [0.1, 0.15) is 12.3 Å². The van der Waals surface area contributed by atoms with Crippen LogP contribution in [-0.2, 0) is 17.9 Å². The molecule has 3 rings (SSSR count). The van der Waals surface area contributed by atoms with E-state index in [1.165, 1.54) is 10.8 Å². The van der Waals surface area contributed by atoms with E-state index in [0.29, 0.717) is 24.2 Å². The zero-order valence-electron chi connectivity index (χ0n) is 14.9. The maximum absolute atomic E-state index is 12.6. The van der Waals surface area contributed by atoms with Crippen LogP contribution in [-0.4, -0.2) is 34.0 Å². The van der Waals surface area contributed by atoms with Crippen molar-refractivity contribution in [2.24, 2.45) is 0 Å². The molecule has 0 bridgehead atoms. The van der Waals surface area contributed by atoms with Crippen molar-refractivity contribution in [1.82, 2.24) is 14.5 Å². The highest BCUT2D eigenvalue weighted by molar-refractivity contribution is 5.79. The standard InChI is InChI=1S/C20H21N3O3/c1-3-26-16-10-8-15(9-11-16)13-22(2)20(25)14-23-18-7-5-4-6-17(18)21-12-19(23)24/h4-12H,3,13-14H2,1-2H3. The van der Waals surface area contributed by atoms with Gasteiger partial charge in [0.2, 0.25) is 5.91 Å². The topological polar surface area (TPSA) is 64.4 Å². The fraction of sp³-hybridized carbons (Fsp3) is 0.250. The molecule has 0 saturated heterocycles. The summed E-state index contributed by atoms with van der Waals surface area (Å²) in [6, 6.07) is 14.9. The minimum Gasteiger partial charge on any atom is -0.494 e. The number of benzene rings is 2. The molecular formula is C20H21N3O3. The number of rotatable bonds is 6. The van der Waals surface area contributed by atoms with Crippen molar-refractivity contribution in [3.8, 4) is 5.75 Å². The number of hydrogen-bond acceptors (Lipinski definition) is 4. The molecule has 0 radical (unpaired) electrons. The van der Waals surface area contributed by atoms with Crippen LogP contribution in [0.25, 0.3) is 11.0 Å². The highest BCUT2D eigenvalue weighted by atomic mass is 16.5. The summed E-state index contributed by atoms with van der Waals surface area (Å²) in [5.74, 6) is 0.664. The molecule has 0 atom stereocenters. The van der Waals surface area contributed by atoms with Gasteiger partial charge in [-0.15, -0.1) is 0 Å². The third-order valence-corrected chi connectivity index (χ3v) is 4.13. The maximum atomic E-state index is 12.6. The van der Waals surface area contributed by atoms with E-state index in [0.717, 1.165) is 11.3 Å². The molecule has 0 saturated carbocycles. The summed E-state index contributed by atoms with van der Waals surface area (Å²) in [5.41, 5.74) is 2.06. The van der Waals surface area contributed by atoms with Gasteiger partial charge in [0.05, 0.1) is 23.8 Å². The first kappa shape index (κ1) is 17.7. The average Bonchev–Trinajstić information content (AvgIpc) is 2.65. The van der Waals surface area contributed by atoms with Crippen LogP contribution in [0.5, 0.6) is 5.75 Å². The Balaban J connectivity index is 1.74. The molecule has 1 amide bonds. The van der Waals surface area contributed by atoms with E-state index in [1.807, 2.05) is 49.4 Å². The van der Waals surface area contributed by atoms with E-state index < -0.39 is 0 Å². The first-order valence-corrected chi connectivity index (χ1v) is 8.48. The molecule has 6 nitrogen and oxygen atoms in total. The molecule has 26 heavy (non-hydrogen) atoms. The van der Waals surface area contributed by atoms with Crippen LogP contribution in [0.15, 0.2) is 59.5 Å². The summed E-state index contributed by atoms with van der Waals surface area (Å²) in [4.78, 5) is 30.5. The number of fused-ring (bicyclic) bond motifs is 1. The zero-order valence-corrected chi connectivity index (χ0v) is 14.9. The molecule has 6 heteroatoms. The second-order valence-corrected chi connectivity index (χ2v) is 6.00. The number of amides is 1. The van der Waals surface area contributed by atoms with E-state index >= 15 is 0 Å². The largest absolute Gasteiger partial charge is 0.494 e. The minimum absolute atomic E-state index is 0.0185. The predicted molar refractivity (Wildman–Crippen MR) is 100 cm³/mol. The van der Waals surface area contributed by atoms with Gasteiger partial charge < -0.3 is 9.64 Å². The van der Waals surface area contributed by atoms with Gasteiger partial charge in [-0.1, -0.05) is 24.3 Å². The van der Waals surface area contributed by atoms with Gasteiger partial charge in [0.25, 0.3) is 5.56 Å². The number of aromatic nitrogens is 2. The summed E-state index contributed by atoms with van der Waals surface area (Å²) >= 11 is 0. The van der Waals surface area contributed by atoms with Crippen LogP contribution in [0.1, 0.15) is 12.5 Å². The van der Waals surface area contributed by atoms with E-state index in [4.69, 9.17) is 4.74 Å². The molecule has 0 unspecified atom stereocenters. The van der Waals surface area contributed by atoms with E-state index in [2.05, 4.69) is 4.98 Å². The van der Waals surface area contributed by atoms with Gasteiger partial charge in [-0.05, 0) is 36.8 Å². The Morgan fingerprint density at radius 2 is 1.88 bits per heavy atom. The average molecular weight is 351 g/mol. The second kappa shape index (κ2) is 7.82. The maximum Gasteiger partial charge on any atom is 0.269 e. The second-order valence-electron chi connectivity index (χ2n) is 6.00. The number of nitrogens with zero attached hydrogens (tertiary/aromatic N) is 3. The molecule has 0 aliphatic carbocycles. The molecule has 3 aromatic rings. The van der Waals surface area contributed by atoms with Gasteiger partial charge in [-0.2, -0.15) is 0 Å². The lowest BCUT2D eigenvalue weighted by atomic mass is 10.2. The Kier molecular flexibility index (Phi) is 5.31. The van der Waals surface area contributed by atoms with Crippen LogP contribution in [0.3, 0.4) is 0 Å². The van der Waals surface area contributed by atoms with Crippen molar-refractivity contribution in [3.05, 3.63) is 70.6 Å². The molecule has 0 aliphatic heterocycles. The van der Waals surface area contributed by atoms with Crippen molar-refractivity contribution in [3.63, 3.8) is 0 Å². The van der Waals surface area contributed by atoms with Crippen molar-refractivity contribution in [1.29, 1.82) is 0 Å². The number of para-hydroxylation sites is 2. The molecule has 0 fully saturated rings. The lowest BCUT2D eigenvalue weighted by Crippen LogP contribution is -2.33. The lowest BCUT2D eigenvalue weighted by molar-refractivity contribution is -0.131. The molecule has 0 N–H and O–H groups in total. The molecule has 2 aromatic carbocycles. The van der Waals surface area contributed by atoms with Crippen molar-refractivity contribution >= 4 is 16.9 Å². The fourth-order valence-electron chi connectivity index (χ4n) is 2.75. The van der Waals surface area contributed by atoms with Crippen molar-refractivity contribution in [2.45, 2.75) is 20.0 Å². The Bertz CT molecular complexity index is 964. The van der Waals surface area contributed by atoms with Gasteiger partial charge in [0.15, 0.2) is 0 Å². The smallest absolute Gasteiger partial charge is 0.269 e. The monoisotopic (exact) mass is 351 g/mol.